The number of carbonyl (C=O) groups excluding carboxylic acids is 4. The van der Waals surface area contributed by atoms with Crippen LogP contribution in [-0.2, 0) is 23.9 Å². The van der Waals surface area contributed by atoms with Crippen LogP contribution in [0, 0.1) is 0 Å². The minimum atomic E-state index is -4.70. The Labute approximate surface area is 207 Å². The van der Waals surface area contributed by atoms with Crippen LogP contribution in [0.4, 0.5) is 19.1 Å². The number of anilines is 1. The van der Waals surface area contributed by atoms with Crippen LogP contribution in [-0.4, -0.2) is 56.5 Å². The van der Waals surface area contributed by atoms with Gasteiger partial charge in [-0.3, -0.25) is 29.4 Å². The van der Waals surface area contributed by atoms with Crippen LogP contribution in [0.15, 0.2) is 54.7 Å². The lowest BCUT2D eigenvalue weighted by molar-refractivity contribution is -0.138. The third-order valence-corrected chi connectivity index (χ3v) is 6.16. The van der Waals surface area contributed by atoms with Gasteiger partial charge in [0.25, 0.3) is 17.7 Å². The van der Waals surface area contributed by atoms with Gasteiger partial charge in [0.15, 0.2) is 0 Å². The van der Waals surface area contributed by atoms with Gasteiger partial charge in [0, 0.05) is 31.3 Å². The maximum absolute atomic E-state index is 13.2. The van der Waals surface area contributed by atoms with E-state index in [1.165, 1.54) is 35.4 Å². The summed E-state index contributed by atoms with van der Waals surface area (Å²) in [6, 6.07) is 10.7. The number of hydrogen-bond donors (Lipinski definition) is 1. The smallest absolute Gasteiger partial charge is 0.336 e. The van der Waals surface area contributed by atoms with E-state index in [2.05, 4.69) is 15.3 Å². The fourth-order valence-corrected chi connectivity index (χ4v) is 4.30. The molecular formula is C25H18F3N5O4. The molecule has 2 aromatic carbocycles. The number of hydrogen-bond acceptors (Lipinski definition) is 6. The van der Waals surface area contributed by atoms with Crippen LogP contribution in [0.25, 0.3) is 0 Å². The summed E-state index contributed by atoms with van der Waals surface area (Å²) in [7, 11) is 0. The number of nitrogens with zero attached hydrogens (tertiary/aromatic N) is 4. The van der Waals surface area contributed by atoms with Crippen LogP contribution in [0.2, 0.25) is 0 Å². The van der Waals surface area contributed by atoms with Crippen LogP contribution in [0.5, 0.6) is 0 Å². The van der Waals surface area contributed by atoms with Crippen molar-refractivity contribution in [3.05, 3.63) is 88.2 Å². The molecule has 0 fully saturated rings. The lowest BCUT2D eigenvalue weighted by Crippen LogP contribution is -2.44. The van der Waals surface area contributed by atoms with Crippen LogP contribution in [0.1, 0.15) is 47.9 Å². The molecule has 1 aromatic heterocycles. The SMILES string of the molecule is O=C(Nc1ncc2c(n1)CCN(C(=O)CN1C(=O)c3ccccc3C1=O)C2)c1ccccc1C(F)(F)F. The molecule has 188 valence electrons. The van der Waals surface area contributed by atoms with Crippen LogP contribution >= 0.6 is 0 Å². The van der Waals surface area contributed by atoms with Gasteiger partial charge in [0.2, 0.25) is 11.9 Å². The summed E-state index contributed by atoms with van der Waals surface area (Å²) in [4.78, 5) is 61.1. The van der Waals surface area contributed by atoms with Crippen molar-refractivity contribution in [3.8, 4) is 0 Å². The zero-order valence-corrected chi connectivity index (χ0v) is 19.1. The summed E-state index contributed by atoms with van der Waals surface area (Å²) in [5.41, 5.74) is -0.0102. The monoisotopic (exact) mass is 509 g/mol. The maximum atomic E-state index is 13.2. The van der Waals surface area contributed by atoms with E-state index in [-0.39, 0.29) is 36.6 Å². The van der Waals surface area contributed by atoms with Crippen molar-refractivity contribution in [1.82, 2.24) is 19.8 Å². The number of nitrogens with one attached hydrogen (secondary N) is 1. The molecular weight excluding hydrogens is 491 g/mol. The quantitative estimate of drug-likeness (QED) is 0.542. The summed E-state index contributed by atoms with van der Waals surface area (Å²) in [6.07, 6.45) is -3.03. The predicted octanol–water partition coefficient (Wildman–Crippen LogP) is 2.93. The number of benzene rings is 2. The number of amides is 4. The van der Waals surface area contributed by atoms with E-state index in [0.29, 0.717) is 11.3 Å². The molecule has 0 radical (unpaired) electrons. The molecule has 0 saturated heterocycles. The molecule has 0 spiro atoms. The van der Waals surface area contributed by atoms with Crippen molar-refractivity contribution in [1.29, 1.82) is 0 Å². The highest BCUT2D eigenvalue weighted by atomic mass is 19.4. The van der Waals surface area contributed by atoms with Gasteiger partial charge in [0.05, 0.1) is 27.9 Å². The lowest BCUT2D eigenvalue weighted by atomic mass is 10.1. The van der Waals surface area contributed by atoms with E-state index in [1.54, 1.807) is 12.1 Å². The predicted molar refractivity (Wildman–Crippen MR) is 122 cm³/mol. The average Bonchev–Trinajstić information content (AvgIpc) is 3.12. The molecule has 0 atom stereocenters. The number of halogens is 3. The van der Waals surface area contributed by atoms with Crippen molar-refractivity contribution >= 4 is 29.6 Å². The van der Waals surface area contributed by atoms with Gasteiger partial charge >= 0.3 is 6.18 Å². The number of imide groups is 1. The largest absolute Gasteiger partial charge is 0.417 e. The standard InChI is InChI=1S/C25H18F3N5O4/c26-25(27,28)18-8-4-3-7-17(18)21(35)31-24-29-11-14-12-32(10-9-19(14)30-24)20(34)13-33-22(36)15-5-1-2-6-16(15)23(33)37/h1-8,11H,9-10,12-13H2,(H,29,30,31,35). The number of alkyl halides is 3. The molecule has 5 rings (SSSR count). The van der Waals surface area contributed by atoms with Crippen molar-refractivity contribution in [2.75, 3.05) is 18.4 Å². The fourth-order valence-electron chi connectivity index (χ4n) is 4.30. The first-order valence-electron chi connectivity index (χ1n) is 11.2. The van der Waals surface area contributed by atoms with E-state index in [4.69, 9.17) is 0 Å². The number of carbonyl (C=O) groups is 4. The van der Waals surface area contributed by atoms with Gasteiger partial charge in [-0.2, -0.15) is 13.2 Å². The van der Waals surface area contributed by atoms with Gasteiger partial charge in [-0.15, -0.1) is 0 Å². The third-order valence-electron chi connectivity index (χ3n) is 6.16. The Balaban J connectivity index is 1.25. The molecule has 0 aliphatic carbocycles. The van der Waals surface area contributed by atoms with Crippen LogP contribution < -0.4 is 5.32 Å². The Bertz CT molecular complexity index is 1420. The van der Waals surface area contributed by atoms with Crippen molar-refractivity contribution < 1.29 is 32.3 Å². The normalized spacial score (nSPS) is 14.9. The van der Waals surface area contributed by atoms with Gasteiger partial charge in [-0.1, -0.05) is 24.3 Å². The number of aromatic nitrogens is 2. The highest BCUT2D eigenvalue weighted by Crippen LogP contribution is 2.32. The second kappa shape index (κ2) is 9.12. The molecule has 0 bridgehead atoms. The van der Waals surface area contributed by atoms with E-state index in [9.17, 15) is 32.3 Å². The van der Waals surface area contributed by atoms with Crippen molar-refractivity contribution in [2.24, 2.45) is 0 Å². The number of rotatable bonds is 4. The first-order chi connectivity index (χ1) is 17.6. The molecule has 9 nitrogen and oxygen atoms in total. The average molecular weight is 509 g/mol. The summed E-state index contributed by atoms with van der Waals surface area (Å²) in [5, 5.41) is 2.30. The van der Waals surface area contributed by atoms with Crippen molar-refractivity contribution in [2.45, 2.75) is 19.1 Å². The first-order valence-corrected chi connectivity index (χ1v) is 11.2. The molecule has 4 amide bonds. The Morgan fingerprint density at radius 1 is 0.973 bits per heavy atom. The molecule has 0 saturated carbocycles. The second-order valence-electron chi connectivity index (χ2n) is 8.47. The minimum absolute atomic E-state index is 0.114. The Morgan fingerprint density at radius 3 is 2.30 bits per heavy atom. The van der Waals surface area contributed by atoms with E-state index < -0.39 is 47.5 Å². The Kier molecular flexibility index (Phi) is 5.94. The van der Waals surface area contributed by atoms with Gasteiger partial charge in [-0.25, -0.2) is 9.97 Å². The topological polar surface area (TPSA) is 113 Å². The van der Waals surface area contributed by atoms with Gasteiger partial charge in [0.1, 0.15) is 6.54 Å². The van der Waals surface area contributed by atoms with Crippen LogP contribution in [0.3, 0.4) is 0 Å². The minimum Gasteiger partial charge on any atom is -0.336 e. The third kappa shape index (κ3) is 4.53. The molecule has 3 aromatic rings. The molecule has 2 aliphatic rings. The second-order valence-corrected chi connectivity index (χ2v) is 8.47. The highest BCUT2D eigenvalue weighted by molar-refractivity contribution is 6.22. The first kappa shape index (κ1) is 24.1. The van der Waals surface area contributed by atoms with Crippen molar-refractivity contribution in [3.63, 3.8) is 0 Å². The summed E-state index contributed by atoms with van der Waals surface area (Å²) >= 11 is 0. The van der Waals surface area contributed by atoms with Gasteiger partial charge in [-0.05, 0) is 24.3 Å². The Morgan fingerprint density at radius 2 is 1.62 bits per heavy atom. The molecule has 37 heavy (non-hydrogen) atoms. The molecule has 0 unspecified atom stereocenters. The number of fused-ring (bicyclic) bond motifs is 2. The highest BCUT2D eigenvalue weighted by Gasteiger charge is 2.38. The lowest BCUT2D eigenvalue weighted by Gasteiger charge is -2.29. The Hall–Kier alpha value is -4.61. The zero-order chi connectivity index (χ0) is 26.3. The molecule has 2 aliphatic heterocycles. The summed E-state index contributed by atoms with van der Waals surface area (Å²) in [6.45, 7) is -0.0614. The zero-order valence-electron chi connectivity index (χ0n) is 19.1. The molecule has 1 N–H and O–H groups in total. The summed E-state index contributed by atoms with van der Waals surface area (Å²) < 4.78 is 39.7. The summed E-state index contributed by atoms with van der Waals surface area (Å²) in [5.74, 6) is -2.64. The fraction of sp³-hybridized carbons (Fsp3) is 0.200. The molecule has 12 heteroatoms. The van der Waals surface area contributed by atoms with E-state index in [0.717, 1.165) is 17.0 Å². The maximum Gasteiger partial charge on any atom is 0.417 e. The molecule has 3 heterocycles. The van der Waals surface area contributed by atoms with Gasteiger partial charge < -0.3 is 4.90 Å². The van der Waals surface area contributed by atoms with E-state index in [1.807, 2.05) is 0 Å². The van der Waals surface area contributed by atoms with E-state index >= 15 is 0 Å².